The van der Waals surface area contributed by atoms with Crippen LogP contribution in [-0.2, 0) is 6.18 Å². The van der Waals surface area contributed by atoms with E-state index in [-0.39, 0.29) is 28.3 Å². The number of ether oxygens (including phenoxy) is 2. The normalized spacial score (nSPS) is 13.4. The van der Waals surface area contributed by atoms with Crippen LogP contribution in [0.3, 0.4) is 0 Å². The van der Waals surface area contributed by atoms with Crippen LogP contribution in [0.15, 0.2) is 66.7 Å². The molecule has 0 fully saturated rings. The topological polar surface area (TPSA) is 55.8 Å². The van der Waals surface area contributed by atoms with Crippen LogP contribution in [0.4, 0.5) is 18.9 Å². The highest BCUT2D eigenvalue weighted by Crippen LogP contribution is 2.42. The van der Waals surface area contributed by atoms with E-state index in [1.165, 1.54) is 19.2 Å². The minimum absolute atomic E-state index is 0.0954. The zero-order valence-electron chi connectivity index (χ0n) is 15.6. The number of halogens is 3. The quantitative estimate of drug-likeness (QED) is 0.544. The molecule has 1 heterocycles. The van der Waals surface area contributed by atoms with E-state index in [1.54, 1.807) is 36.4 Å². The zero-order valence-corrected chi connectivity index (χ0v) is 15.6. The first-order valence-electron chi connectivity index (χ1n) is 8.81. The van der Waals surface area contributed by atoms with E-state index in [0.29, 0.717) is 10.6 Å². The maximum absolute atomic E-state index is 13.3. The molecule has 1 aliphatic rings. The van der Waals surface area contributed by atoms with Crippen molar-refractivity contribution in [3.63, 3.8) is 0 Å². The van der Waals surface area contributed by atoms with Crippen LogP contribution in [0.1, 0.15) is 26.3 Å². The fourth-order valence-corrected chi connectivity index (χ4v) is 3.18. The number of nitrogens with zero attached hydrogens (tertiary/aromatic N) is 1. The summed E-state index contributed by atoms with van der Waals surface area (Å²) in [6.07, 6.45) is -4.67. The summed E-state index contributed by atoms with van der Waals surface area (Å²) < 4.78 is 51.0. The maximum atomic E-state index is 13.3. The Hall–Kier alpha value is -3.81. The van der Waals surface area contributed by atoms with Crippen molar-refractivity contribution in [1.29, 1.82) is 0 Å². The summed E-state index contributed by atoms with van der Waals surface area (Å²) in [5.74, 6) is -0.982. The van der Waals surface area contributed by atoms with E-state index < -0.39 is 23.6 Å². The number of alkyl halides is 3. The molecule has 5 nitrogen and oxygen atoms in total. The van der Waals surface area contributed by atoms with Crippen LogP contribution in [0.5, 0.6) is 17.2 Å². The Morgan fingerprint density at radius 1 is 0.767 bits per heavy atom. The molecule has 0 unspecified atom stereocenters. The number of amides is 2. The number of hydrogen-bond donors (Lipinski definition) is 0. The first kappa shape index (κ1) is 19.5. The minimum atomic E-state index is -4.67. The molecule has 3 aromatic rings. The number of para-hydroxylation sites is 2. The molecule has 1 aliphatic heterocycles. The summed E-state index contributed by atoms with van der Waals surface area (Å²) in [4.78, 5) is 26.4. The third-order valence-corrected chi connectivity index (χ3v) is 4.61. The lowest BCUT2D eigenvalue weighted by Crippen LogP contribution is -2.30. The van der Waals surface area contributed by atoms with Gasteiger partial charge < -0.3 is 9.47 Å². The van der Waals surface area contributed by atoms with Crippen molar-refractivity contribution in [2.45, 2.75) is 6.18 Å². The average molecular weight is 413 g/mol. The number of methoxy groups -OCH3 is 1. The number of rotatable bonds is 4. The number of hydrogen-bond acceptors (Lipinski definition) is 4. The molecule has 3 aromatic carbocycles. The Kier molecular flexibility index (Phi) is 4.69. The van der Waals surface area contributed by atoms with Gasteiger partial charge >= 0.3 is 6.18 Å². The smallest absolute Gasteiger partial charge is 0.416 e. The van der Waals surface area contributed by atoms with Crippen molar-refractivity contribution in [3.05, 3.63) is 83.4 Å². The van der Waals surface area contributed by atoms with E-state index in [1.807, 2.05) is 0 Å². The van der Waals surface area contributed by atoms with Gasteiger partial charge in [-0.1, -0.05) is 24.3 Å². The fraction of sp³-hybridized carbons (Fsp3) is 0.0909. The molecule has 0 atom stereocenters. The molecule has 4 rings (SSSR count). The van der Waals surface area contributed by atoms with Crippen LogP contribution >= 0.6 is 0 Å². The predicted octanol–water partition coefficient (Wildman–Crippen LogP) is 5.31. The number of imide groups is 1. The summed E-state index contributed by atoms with van der Waals surface area (Å²) >= 11 is 0. The maximum Gasteiger partial charge on any atom is 0.416 e. The van der Waals surface area contributed by atoms with Crippen molar-refractivity contribution in [1.82, 2.24) is 0 Å². The third kappa shape index (κ3) is 3.26. The van der Waals surface area contributed by atoms with Gasteiger partial charge in [0.25, 0.3) is 11.8 Å². The Morgan fingerprint density at radius 3 is 1.90 bits per heavy atom. The number of benzene rings is 3. The van der Waals surface area contributed by atoms with E-state index in [2.05, 4.69) is 0 Å². The fourth-order valence-electron chi connectivity index (χ4n) is 3.18. The Labute approximate surface area is 169 Å². The van der Waals surface area contributed by atoms with Gasteiger partial charge in [0.2, 0.25) is 0 Å². The Balaban J connectivity index is 1.85. The standard InChI is InChI=1S/C22H14F3NO4/c1-29-18-8-4-5-9-19(18)30-17-11-10-13(22(23,24)25)12-16(17)26-20(27)14-6-2-3-7-15(14)21(26)28/h2-12H,1H3. The molecule has 0 aromatic heterocycles. The molecular weight excluding hydrogens is 399 g/mol. The number of fused-ring (bicyclic) bond motifs is 1. The molecule has 0 spiro atoms. The molecule has 30 heavy (non-hydrogen) atoms. The van der Waals surface area contributed by atoms with Gasteiger partial charge in [0, 0.05) is 0 Å². The van der Waals surface area contributed by atoms with Gasteiger partial charge in [-0.3, -0.25) is 9.59 Å². The van der Waals surface area contributed by atoms with Crippen molar-refractivity contribution in [2.24, 2.45) is 0 Å². The van der Waals surface area contributed by atoms with Gasteiger partial charge in [0.05, 0.1) is 29.5 Å². The van der Waals surface area contributed by atoms with Gasteiger partial charge in [0.1, 0.15) is 0 Å². The second-order valence-corrected chi connectivity index (χ2v) is 6.42. The van der Waals surface area contributed by atoms with Crippen molar-refractivity contribution < 1.29 is 32.2 Å². The van der Waals surface area contributed by atoms with Gasteiger partial charge in [-0.15, -0.1) is 0 Å². The van der Waals surface area contributed by atoms with E-state index in [9.17, 15) is 22.8 Å². The zero-order chi connectivity index (χ0) is 21.5. The highest BCUT2D eigenvalue weighted by molar-refractivity contribution is 6.34. The van der Waals surface area contributed by atoms with Gasteiger partial charge in [0.15, 0.2) is 17.2 Å². The lowest BCUT2D eigenvalue weighted by atomic mass is 10.1. The molecule has 0 N–H and O–H groups in total. The Morgan fingerprint density at radius 2 is 1.33 bits per heavy atom. The molecule has 0 radical (unpaired) electrons. The molecule has 0 aliphatic carbocycles. The monoisotopic (exact) mass is 413 g/mol. The summed E-state index contributed by atoms with van der Waals surface area (Å²) in [5.41, 5.74) is -1.09. The third-order valence-electron chi connectivity index (χ3n) is 4.61. The molecule has 152 valence electrons. The SMILES string of the molecule is COc1ccccc1Oc1ccc(C(F)(F)F)cc1N1C(=O)c2ccccc2C1=O. The number of carbonyl (C=O) groups excluding carboxylic acids is 2. The van der Waals surface area contributed by atoms with Crippen molar-refractivity contribution in [2.75, 3.05) is 12.0 Å². The van der Waals surface area contributed by atoms with E-state index in [0.717, 1.165) is 18.2 Å². The Bertz CT molecular complexity index is 1120. The summed E-state index contributed by atoms with van der Waals surface area (Å²) in [7, 11) is 1.42. The van der Waals surface area contributed by atoms with E-state index >= 15 is 0 Å². The highest BCUT2D eigenvalue weighted by atomic mass is 19.4. The van der Waals surface area contributed by atoms with E-state index in [4.69, 9.17) is 9.47 Å². The lowest BCUT2D eigenvalue weighted by molar-refractivity contribution is -0.137. The average Bonchev–Trinajstić information content (AvgIpc) is 2.98. The van der Waals surface area contributed by atoms with Crippen LogP contribution < -0.4 is 14.4 Å². The van der Waals surface area contributed by atoms with Crippen LogP contribution in [0.25, 0.3) is 0 Å². The molecule has 0 bridgehead atoms. The summed E-state index contributed by atoms with van der Waals surface area (Å²) in [6.45, 7) is 0. The molecule has 8 heteroatoms. The lowest BCUT2D eigenvalue weighted by Gasteiger charge is -2.20. The van der Waals surface area contributed by atoms with Crippen LogP contribution in [0, 0.1) is 0 Å². The predicted molar refractivity (Wildman–Crippen MR) is 102 cm³/mol. The van der Waals surface area contributed by atoms with Crippen LogP contribution in [-0.4, -0.2) is 18.9 Å². The summed E-state index contributed by atoms with van der Waals surface area (Å²) in [6, 6.07) is 15.2. The largest absolute Gasteiger partial charge is 0.493 e. The molecular formula is C22H14F3NO4. The second kappa shape index (κ2) is 7.22. The highest BCUT2D eigenvalue weighted by Gasteiger charge is 2.40. The van der Waals surface area contributed by atoms with Crippen molar-refractivity contribution in [3.8, 4) is 17.2 Å². The molecule has 0 saturated heterocycles. The summed E-state index contributed by atoms with van der Waals surface area (Å²) in [5, 5.41) is 0. The van der Waals surface area contributed by atoms with Gasteiger partial charge in [-0.05, 0) is 42.5 Å². The van der Waals surface area contributed by atoms with Crippen LogP contribution in [0.2, 0.25) is 0 Å². The van der Waals surface area contributed by atoms with Crippen molar-refractivity contribution >= 4 is 17.5 Å². The van der Waals surface area contributed by atoms with Gasteiger partial charge in [-0.2, -0.15) is 13.2 Å². The number of anilines is 1. The minimum Gasteiger partial charge on any atom is -0.493 e. The number of carbonyl (C=O) groups is 2. The molecule has 2 amide bonds. The van der Waals surface area contributed by atoms with Gasteiger partial charge in [-0.25, -0.2) is 4.90 Å². The second-order valence-electron chi connectivity index (χ2n) is 6.42. The first-order valence-corrected chi connectivity index (χ1v) is 8.81. The first-order chi connectivity index (χ1) is 14.3. The molecule has 0 saturated carbocycles.